The minimum absolute atomic E-state index is 0.0150. The lowest BCUT2D eigenvalue weighted by Crippen LogP contribution is -2.42. The highest BCUT2D eigenvalue weighted by Crippen LogP contribution is 2.45. The van der Waals surface area contributed by atoms with Gasteiger partial charge in [-0.25, -0.2) is 4.79 Å². The van der Waals surface area contributed by atoms with Crippen LogP contribution in [0.1, 0.15) is 44.7 Å². The molecule has 1 saturated carbocycles. The Balaban J connectivity index is 1.76. The molecule has 0 heterocycles. The molecular formula is C18H28N2O3. The van der Waals surface area contributed by atoms with E-state index in [2.05, 4.69) is 41.8 Å². The van der Waals surface area contributed by atoms with E-state index in [0.717, 1.165) is 12.8 Å². The highest BCUT2D eigenvalue weighted by molar-refractivity contribution is 5.67. The zero-order valence-electron chi connectivity index (χ0n) is 14.5. The third kappa shape index (κ3) is 5.52. The third-order valence-corrected chi connectivity index (χ3v) is 3.88. The summed E-state index contributed by atoms with van der Waals surface area (Å²) in [6, 6.07) is 8.45. The minimum Gasteiger partial charge on any atom is -0.444 e. The van der Waals surface area contributed by atoms with Crippen LogP contribution in [-0.2, 0) is 10.3 Å². The number of ether oxygens (including phenoxy) is 1. The smallest absolute Gasteiger partial charge is 0.407 e. The summed E-state index contributed by atoms with van der Waals surface area (Å²) in [5, 5.41) is 16.1. The molecule has 1 aliphatic rings. The molecule has 23 heavy (non-hydrogen) atoms. The maximum atomic E-state index is 11.6. The van der Waals surface area contributed by atoms with Crippen molar-refractivity contribution in [2.45, 2.75) is 57.8 Å². The third-order valence-electron chi connectivity index (χ3n) is 3.88. The van der Waals surface area contributed by atoms with Gasteiger partial charge in [-0.05, 0) is 46.1 Å². The molecule has 1 fully saturated rings. The first-order valence-electron chi connectivity index (χ1n) is 8.17. The number of benzene rings is 1. The van der Waals surface area contributed by atoms with Gasteiger partial charge >= 0.3 is 6.09 Å². The van der Waals surface area contributed by atoms with Crippen LogP contribution in [0.4, 0.5) is 4.79 Å². The molecule has 0 saturated heterocycles. The van der Waals surface area contributed by atoms with Crippen LogP contribution in [0.25, 0.3) is 0 Å². The van der Waals surface area contributed by atoms with Gasteiger partial charge in [0, 0.05) is 18.6 Å². The first-order valence-corrected chi connectivity index (χ1v) is 8.17. The topological polar surface area (TPSA) is 70.6 Å². The molecule has 1 aromatic rings. The van der Waals surface area contributed by atoms with Crippen molar-refractivity contribution in [3.8, 4) is 0 Å². The maximum absolute atomic E-state index is 11.6. The maximum Gasteiger partial charge on any atom is 0.407 e. The van der Waals surface area contributed by atoms with Crippen LogP contribution < -0.4 is 10.6 Å². The van der Waals surface area contributed by atoms with E-state index < -0.39 is 17.8 Å². The number of carbonyl (C=O) groups excluding carboxylic acids is 1. The highest BCUT2D eigenvalue weighted by atomic mass is 16.6. The van der Waals surface area contributed by atoms with E-state index in [4.69, 9.17) is 4.74 Å². The fourth-order valence-electron chi connectivity index (χ4n) is 2.54. The van der Waals surface area contributed by atoms with Gasteiger partial charge in [0.1, 0.15) is 5.60 Å². The summed E-state index contributed by atoms with van der Waals surface area (Å²) in [6.07, 6.45) is 0.992. The predicted octanol–water partition coefficient (Wildman–Crippen LogP) is 2.46. The second-order valence-electron chi connectivity index (χ2n) is 7.37. The van der Waals surface area contributed by atoms with Crippen molar-refractivity contribution < 1.29 is 14.6 Å². The molecule has 2 rings (SSSR count). The van der Waals surface area contributed by atoms with Gasteiger partial charge in [0.15, 0.2) is 0 Å². The quantitative estimate of drug-likeness (QED) is 0.753. The molecule has 0 aliphatic heterocycles. The van der Waals surface area contributed by atoms with E-state index in [1.807, 2.05) is 20.8 Å². The van der Waals surface area contributed by atoms with Crippen LogP contribution in [-0.4, -0.2) is 36.0 Å². The van der Waals surface area contributed by atoms with Crippen molar-refractivity contribution in [1.29, 1.82) is 0 Å². The van der Waals surface area contributed by atoms with E-state index in [9.17, 15) is 9.90 Å². The number of rotatable bonds is 6. The molecule has 5 heteroatoms. The lowest BCUT2D eigenvalue weighted by atomic mass is 10.0. The molecule has 0 radical (unpaired) electrons. The Kier molecular flexibility index (Phi) is 5.32. The first-order chi connectivity index (χ1) is 10.7. The van der Waals surface area contributed by atoms with Gasteiger partial charge < -0.3 is 20.5 Å². The average Bonchev–Trinajstić information content (AvgIpc) is 3.22. The zero-order valence-corrected chi connectivity index (χ0v) is 14.5. The normalized spacial score (nSPS) is 17.4. The van der Waals surface area contributed by atoms with E-state index in [0.29, 0.717) is 6.54 Å². The number of amides is 1. The highest BCUT2D eigenvalue weighted by Gasteiger charge is 2.43. The van der Waals surface area contributed by atoms with E-state index >= 15 is 0 Å². The second kappa shape index (κ2) is 6.89. The van der Waals surface area contributed by atoms with Gasteiger partial charge in [0.2, 0.25) is 0 Å². The summed E-state index contributed by atoms with van der Waals surface area (Å²) in [7, 11) is 0. The lowest BCUT2D eigenvalue weighted by Gasteiger charge is -2.22. The van der Waals surface area contributed by atoms with Crippen LogP contribution in [0.15, 0.2) is 24.3 Å². The first kappa shape index (κ1) is 17.8. The molecule has 0 unspecified atom stereocenters. The van der Waals surface area contributed by atoms with Crippen molar-refractivity contribution in [2.75, 3.05) is 13.1 Å². The summed E-state index contributed by atoms with van der Waals surface area (Å²) in [5.74, 6) is 0. The monoisotopic (exact) mass is 320 g/mol. The van der Waals surface area contributed by atoms with Crippen molar-refractivity contribution in [3.63, 3.8) is 0 Å². The van der Waals surface area contributed by atoms with Crippen LogP contribution >= 0.6 is 0 Å². The van der Waals surface area contributed by atoms with Crippen molar-refractivity contribution in [3.05, 3.63) is 35.4 Å². The number of alkyl carbamates (subject to hydrolysis) is 1. The standard InChI is InChI=1S/C18H28N2O3/c1-13-6-5-7-14(10-13)18(8-9-18)20-12-15(21)11-19-16(22)23-17(2,3)4/h5-7,10,15,20-21H,8-9,11-12H2,1-4H3,(H,19,22)/t15-/m0/s1. The molecule has 5 nitrogen and oxygen atoms in total. The summed E-state index contributed by atoms with van der Waals surface area (Å²) in [6.45, 7) is 8.12. The van der Waals surface area contributed by atoms with Gasteiger partial charge in [-0.15, -0.1) is 0 Å². The van der Waals surface area contributed by atoms with Crippen molar-refractivity contribution in [2.24, 2.45) is 0 Å². The van der Waals surface area contributed by atoms with Gasteiger partial charge in [0.05, 0.1) is 6.10 Å². The number of aryl methyl sites for hydroxylation is 1. The predicted molar refractivity (Wildman–Crippen MR) is 90.3 cm³/mol. The van der Waals surface area contributed by atoms with Crippen LogP contribution in [0, 0.1) is 6.92 Å². The Bertz CT molecular complexity index is 547. The van der Waals surface area contributed by atoms with Crippen molar-refractivity contribution in [1.82, 2.24) is 10.6 Å². The molecule has 1 aliphatic carbocycles. The molecule has 0 bridgehead atoms. The van der Waals surface area contributed by atoms with E-state index in [1.54, 1.807) is 0 Å². The molecule has 0 spiro atoms. The number of carbonyl (C=O) groups is 1. The number of aliphatic hydroxyl groups is 1. The van der Waals surface area contributed by atoms with Crippen molar-refractivity contribution >= 4 is 6.09 Å². The fourth-order valence-corrected chi connectivity index (χ4v) is 2.54. The lowest BCUT2D eigenvalue weighted by molar-refractivity contribution is 0.0490. The molecule has 1 aromatic carbocycles. The number of nitrogens with one attached hydrogen (secondary N) is 2. The van der Waals surface area contributed by atoms with Crippen LogP contribution in [0.5, 0.6) is 0 Å². The van der Waals surface area contributed by atoms with Gasteiger partial charge in [-0.1, -0.05) is 29.8 Å². The molecule has 1 atom stereocenters. The Morgan fingerprint density at radius 3 is 2.61 bits per heavy atom. The largest absolute Gasteiger partial charge is 0.444 e. The summed E-state index contributed by atoms with van der Waals surface area (Å²) < 4.78 is 5.15. The molecule has 128 valence electrons. The Labute approximate surface area is 138 Å². The van der Waals surface area contributed by atoms with Gasteiger partial charge in [-0.2, -0.15) is 0 Å². The van der Waals surface area contributed by atoms with E-state index in [1.165, 1.54) is 11.1 Å². The Hall–Kier alpha value is -1.59. The Morgan fingerprint density at radius 2 is 2.04 bits per heavy atom. The summed E-state index contributed by atoms with van der Waals surface area (Å²) in [5.41, 5.74) is 1.96. The SMILES string of the molecule is Cc1cccc(C2(NC[C@@H](O)CNC(=O)OC(C)(C)C)CC2)c1. The van der Waals surface area contributed by atoms with Crippen LogP contribution in [0.2, 0.25) is 0 Å². The van der Waals surface area contributed by atoms with Gasteiger partial charge in [0.25, 0.3) is 0 Å². The Morgan fingerprint density at radius 1 is 1.35 bits per heavy atom. The molecule has 1 amide bonds. The summed E-state index contributed by atoms with van der Waals surface area (Å²) >= 11 is 0. The number of hydrogen-bond acceptors (Lipinski definition) is 4. The second-order valence-corrected chi connectivity index (χ2v) is 7.37. The molecule has 3 N–H and O–H groups in total. The molecular weight excluding hydrogens is 292 g/mol. The fraction of sp³-hybridized carbons (Fsp3) is 0.611. The van der Waals surface area contributed by atoms with Gasteiger partial charge in [-0.3, -0.25) is 0 Å². The van der Waals surface area contributed by atoms with Crippen LogP contribution in [0.3, 0.4) is 0 Å². The minimum atomic E-state index is -0.648. The number of aliphatic hydroxyl groups excluding tert-OH is 1. The summed E-state index contributed by atoms with van der Waals surface area (Å²) in [4.78, 5) is 11.6. The number of hydrogen-bond donors (Lipinski definition) is 3. The molecule has 0 aromatic heterocycles. The zero-order chi connectivity index (χ0) is 17.1. The van der Waals surface area contributed by atoms with E-state index in [-0.39, 0.29) is 12.1 Å². The average molecular weight is 320 g/mol.